The highest BCUT2D eigenvalue weighted by Crippen LogP contribution is 2.36. The molecule has 3 aliphatic rings. The molecule has 0 aliphatic carbocycles. The van der Waals surface area contributed by atoms with E-state index in [1.807, 2.05) is 32.9 Å². The van der Waals surface area contributed by atoms with Crippen LogP contribution >= 0.6 is 35.0 Å². The maximum absolute atomic E-state index is 13.1. The largest absolute Gasteiger partial charge is 0.444 e. The number of rotatable bonds is 5. The van der Waals surface area contributed by atoms with Gasteiger partial charge in [-0.1, -0.05) is 35.4 Å². The van der Waals surface area contributed by atoms with Gasteiger partial charge in [-0.05, 0) is 63.3 Å². The summed E-state index contributed by atoms with van der Waals surface area (Å²) in [4.78, 5) is 28.7. The van der Waals surface area contributed by atoms with Crippen LogP contribution in [-0.2, 0) is 32.5 Å². The molecule has 2 atom stereocenters. The average molecular weight is 575 g/mol. The Labute approximate surface area is 226 Å². The van der Waals surface area contributed by atoms with Gasteiger partial charge in [0.05, 0.1) is 15.1 Å². The number of carbonyl (C=O) groups excluding carboxylic acids is 2. The molecule has 1 aromatic rings. The smallest absolute Gasteiger partial charge is 0.410 e. The highest BCUT2D eigenvalue weighted by Gasteiger charge is 2.36. The monoisotopic (exact) mass is 573 g/mol. The van der Waals surface area contributed by atoms with E-state index in [0.29, 0.717) is 54.0 Å². The number of allylic oxidation sites excluding steroid dienone is 1. The molecule has 3 heterocycles. The first-order chi connectivity index (χ1) is 16.8. The van der Waals surface area contributed by atoms with Crippen molar-refractivity contribution in [1.82, 2.24) is 9.62 Å². The van der Waals surface area contributed by atoms with Gasteiger partial charge in [0.2, 0.25) is 15.9 Å². The summed E-state index contributed by atoms with van der Waals surface area (Å²) >= 11 is 13.9. The molecule has 1 saturated heterocycles. The second kappa shape index (κ2) is 10.6. The summed E-state index contributed by atoms with van der Waals surface area (Å²) in [5.74, 6) is -0.347. The van der Waals surface area contributed by atoms with Crippen molar-refractivity contribution in [3.63, 3.8) is 0 Å². The number of fused-ring (bicyclic) bond motifs is 1. The summed E-state index contributed by atoms with van der Waals surface area (Å²) in [6.45, 7) is 6.68. The number of halogens is 2. The molecule has 0 radical (unpaired) electrons. The summed E-state index contributed by atoms with van der Waals surface area (Å²) in [5.41, 5.74) is 1.86. The number of thioether (sulfide) groups is 1. The standard InChI is InChI=1S/C24H29Cl2N3O5S2/c1-24(2,3)34-23(31)28-9-6-15-13-20(18(25)12-16(15)14-28)29-10-7-19(22(29)30)27-36(32,33)11-8-17-4-5-21(26)35-17/h5,8,11-13,17,19,27H,4,6-7,9-10,14H2,1-3H3/b11-8+/t17?,19-/m0/s1. The van der Waals surface area contributed by atoms with Crippen LogP contribution in [0, 0.1) is 0 Å². The van der Waals surface area contributed by atoms with Gasteiger partial charge in [0.15, 0.2) is 0 Å². The molecular weight excluding hydrogens is 545 g/mol. The Hall–Kier alpha value is -1.72. The fourth-order valence-corrected chi connectivity index (χ4v) is 7.02. The topological polar surface area (TPSA) is 96.0 Å². The molecule has 0 aromatic heterocycles. The lowest BCUT2D eigenvalue weighted by Crippen LogP contribution is -2.41. The lowest BCUT2D eigenvalue weighted by atomic mass is 9.99. The summed E-state index contributed by atoms with van der Waals surface area (Å²) in [6, 6.07) is 2.77. The van der Waals surface area contributed by atoms with Crippen molar-refractivity contribution >= 4 is 62.7 Å². The van der Waals surface area contributed by atoms with Crippen LogP contribution in [0.5, 0.6) is 0 Å². The van der Waals surface area contributed by atoms with Gasteiger partial charge in [0.25, 0.3) is 0 Å². The summed E-state index contributed by atoms with van der Waals surface area (Å²) in [7, 11) is -3.80. The van der Waals surface area contributed by atoms with Gasteiger partial charge < -0.3 is 14.5 Å². The molecule has 2 amide bonds. The maximum atomic E-state index is 13.1. The minimum atomic E-state index is -3.80. The summed E-state index contributed by atoms with van der Waals surface area (Å²) < 4.78 is 33.7. The zero-order chi connectivity index (χ0) is 26.3. The molecule has 1 aromatic carbocycles. The first-order valence-corrected chi connectivity index (χ1v) is 14.8. The van der Waals surface area contributed by atoms with Gasteiger partial charge in [-0.2, -0.15) is 4.72 Å². The predicted molar refractivity (Wildman–Crippen MR) is 144 cm³/mol. The van der Waals surface area contributed by atoms with Crippen LogP contribution in [0.15, 0.2) is 34.1 Å². The van der Waals surface area contributed by atoms with E-state index in [0.717, 1.165) is 16.5 Å². The zero-order valence-electron chi connectivity index (χ0n) is 20.3. The Morgan fingerprint density at radius 1 is 1.22 bits per heavy atom. The SMILES string of the molecule is CC(C)(C)OC(=O)N1CCc2cc(N3CC[C@H](NS(=O)(=O)/C=C/C4CC=C(Cl)S4)C3=O)c(Cl)cc2C1. The zero-order valence-corrected chi connectivity index (χ0v) is 23.4. The van der Waals surface area contributed by atoms with Crippen LogP contribution in [0.2, 0.25) is 5.02 Å². The van der Waals surface area contributed by atoms with E-state index in [2.05, 4.69) is 4.72 Å². The second-order valence-corrected chi connectivity index (χ2v) is 13.9. The first kappa shape index (κ1) is 27.3. The predicted octanol–water partition coefficient (Wildman–Crippen LogP) is 4.76. The normalized spacial score (nSPS) is 22.8. The highest BCUT2D eigenvalue weighted by molar-refractivity contribution is 8.05. The summed E-state index contributed by atoms with van der Waals surface area (Å²) in [6.07, 6.45) is 4.64. The van der Waals surface area contributed by atoms with Gasteiger partial charge in [0.1, 0.15) is 11.6 Å². The van der Waals surface area contributed by atoms with Crippen LogP contribution in [-0.4, -0.2) is 55.3 Å². The number of sulfonamides is 1. The van der Waals surface area contributed by atoms with Crippen LogP contribution < -0.4 is 9.62 Å². The number of anilines is 1. The molecule has 196 valence electrons. The van der Waals surface area contributed by atoms with E-state index in [1.54, 1.807) is 17.0 Å². The van der Waals surface area contributed by atoms with Crippen molar-refractivity contribution in [1.29, 1.82) is 0 Å². The third-order valence-electron chi connectivity index (χ3n) is 5.98. The molecule has 0 bridgehead atoms. The number of carbonyl (C=O) groups is 2. The van der Waals surface area contributed by atoms with Crippen LogP contribution in [0.3, 0.4) is 0 Å². The van der Waals surface area contributed by atoms with Crippen molar-refractivity contribution in [3.05, 3.63) is 50.2 Å². The van der Waals surface area contributed by atoms with Crippen LogP contribution in [0.25, 0.3) is 0 Å². The third-order valence-corrected chi connectivity index (χ3v) is 8.88. The molecule has 8 nitrogen and oxygen atoms in total. The quantitative estimate of drug-likeness (QED) is 0.545. The van der Waals surface area contributed by atoms with E-state index >= 15 is 0 Å². The number of nitrogens with zero attached hydrogens (tertiary/aromatic N) is 2. The fourth-order valence-electron chi connectivity index (χ4n) is 4.28. The van der Waals surface area contributed by atoms with Crippen molar-refractivity contribution in [2.75, 3.05) is 18.0 Å². The van der Waals surface area contributed by atoms with Gasteiger partial charge >= 0.3 is 6.09 Å². The Bertz CT molecular complexity index is 1230. The Morgan fingerprint density at radius 3 is 2.64 bits per heavy atom. The van der Waals surface area contributed by atoms with Crippen molar-refractivity contribution in [2.45, 2.75) is 63.5 Å². The van der Waals surface area contributed by atoms with E-state index in [4.69, 9.17) is 27.9 Å². The lowest BCUT2D eigenvalue weighted by Gasteiger charge is -2.32. The maximum Gasteiger partial charge on any atom is 0.410 e. The van der Waals surface area contributed by atoms with Crippen LogP contribution in [0.4, 0.5) is 10.5 Å². The Morgan fingerprint density at radius 2 is 1.97 bits per heavy atom. The van der Waals surface area contributed by atoms with E-state index < -0.39 is 21.7 Å². The number of benzene rings is 1. The van der Waals surface area contributed by atoms with E-state index in [1.165, 1.54) is 16.7 Å². The van der Waals surface area contributed by atoms with Gasteiger partial charge in [-0.15, -0.1) is 11.8 Å². The molecule has 0 spiro atoms. The van der Waals surface area contributed by atoms with Gasteiger partial charge in [0, 0.05) is 30.3 Å². The minimum absolute atomic E-state index is 0.0367. The second-order valence-electron chi connectivity index (χ2n) is 9.95. The molecule has 1 fully saturated rings. The molecule has 36 heavy (non-hydrogen) atoms. The molecule has 12 heteroatoms. The highest BCUT2D eigenvalue weighted by atomic mass is 35.5. The molecular formula is C24H29Cl2N3O5S2. The Kier molecular flexibility index (Phi) is 8.02. The van der Waals surface area contributed by atoms with Crippen LogP contribution in [0.1, 0.15) is 44.7 Å². The van der Waals surface area contributed by atoms with E-state index in [-0.39, 0.29) is 17.3 Å². The first-order valence-electron chi connectivity index (χ1n) is 11.6. The third kappa shape index (κ3) is 6.58. The number of amides is 2. The number of hydrogen-bond acceptors (Lipinski definition) is 6. The number of hydrogen-bond donors (Lipinski definition) is 1. The molecule has 0 saturated carbocycles. The van der Waals surface area contributed by atoms with Gasteiger partial charge in [-0.3, -0.25) is 4.79 Å². The van der Waals surface area contributed by atoms with Gasteiger partial charge in [-0.25, -0.2) is 13.2 Å². The fraction of sp³-hybridized carbons (Fsp3) is 0.500. The van der Waals surface area contributed by atoms with Crippen molar-refractivity contribution in [2.24, 2.45) is 0 Å². The van der Waals surface area contributed by atoms with Crippen molar-refractivity contribution < 1.29 is 22.7 Å². The number of nitrogens with one attached hydrogen (secondary N) is 1. The number of ether oxygens (including phenoxy) is 1. The summed E-state index contributed by atoms with van der Waals surface area (Å²) in [5, 5.41) is 1.44. The van der Waals surface area contributed by atoms with Crippen molar-refractivity contribution in [3.8, 4) is 0 Å². The minimum Gasteiger partial charge on any atom is -0.444 e. The molecule has 1 unspecified atom stereocenters. The molecule has 3 aliphatic heterocycles. The molecule has 1 N–H and O–H groups in total. The Balaban J connectivity index is 1.42. The van der Waals surface area contributed by atoms with E-state index in [9.17, 15) is 18.0 Å². The molecule has 4 rings (SSSR count). The lowest BCUT2D eigenvalue weighted by molar-refractivity contribution is -0.118. The average Bonchev–Trinajstić information content (AvgIpc) is 3.35.